The Kier molecular flexibility index (Phi) is 4.30. The van der Waals surface area contributed by atoms with Gasteiger partial charge in [-0.1, -0.05) is 11.3 Å². The maximum atomic E-state index is 11.1. The summed E-state index contributed by atoms with van der Waals surface area (Å²) in [5.41, 5.74) is -0.692. The maximum Gasteiger partial charge on any atom is 0.347 e. The molecule has 0 spiro atoms. The molecule has 0 aliphatic rings. The molecule has 0 atom stereocenters. The number of nitrogens with one attached hydrogen (secondary N) is 2. The van der Waals surface area contributed by atoms with E-state index >= 15 is 0 Å². The van der Waals surface area contributed by atoms with Crippen molar-refractivity contribution in [2.24, 2.45) is 0 Å². The highest BCUT2D eigenvalue weighted by Crippen LogP contribution is 2.18. The minimum atomic E-state index is -3.30. The Morgan fingerprint density at radius 1 is 1.56 bits per heavy atom. The third-order valence-corrected chi connectivity index (χ3v) is 3.73. The first-order valence-electron chi connectivity index (χ1n) is 5.01. The number of carbonyl (C=O) groups is 1. The number of rotatable bonds is 6. The van der Waals surface area contributed by atoms with E-state index in [2.05, 4.69) is 15.0 Å². The summed E-state index contributed by atoms with van der Waals surface area (Å²) in [5.74, 6) is -1.03. The van der Waals surface area contributed by atoms with Crippen molar-refractivity contribution in [1.82, 2.24) is 9.71 Å². The van der Waals surface area contributed by atoms with E-state index in [0.717, 1.165) is 17.6 Å². The lowest BCUT2D eigenvalue weighted by atomic mass is 10.1. The van der Waals surface area contributed by atoms with Gasteiger partial charge in [-0.05, 0) is 13.8 Å². The Bertz CT molecular complexity index is 536. The number of nitrogens with zero attached hydrogens (tertiary/aromatic N) is 1. The number of aromatic nitrogens is 1. The number of sulfonamides is 1. The molecule has 0 saturated carbocycles. The van der Waals surface area contributed by atoms with Crippen LogP contribution in [0.2, 0.25) is 0 Å². The molecule has 0 radical (unpaired) electrons. The second-order valence-corrected chi connectivity index (χ2v) is 7.23. The smallest absolute Gasteiger partial charge is 0.347 e. The third-order valence-electron chi connectivity index (χ3n) is 1.86. The quantitative estimate of drug-likeness (QED) is 0.708. The molecule has 1 heterocycles. The SMILES string of the molecule is CC(C)(CNc1ncc(C(=O)O)s1)NS(C)(=O)=O. The molecule has 7 nitrogen and oxygen atoms in total. The zero-order chi connectivity index (χ0) is 14.0. The van der Waals surface area contributed by atoms with Crippen molar-refractivity contribution in [3.8, 4) is 0 Å². The molecule has 0 saturated heterocycles. The topological polar surface area (TPSA) is 108 Å². The van der Waals surface area contributed by atoms with Gasteiger partial charge in [0, 0.05) is 12.1 Å². The first kappa shape index (κ1) is 14.9. The molecule has 0 amide bonds. The Balaban J connectivity index is 2.61. The zero-order valence-corrected chi connectivity index (χ0v) is 11.9. The molecule has 0 aliphatic heterocycles. The maximum absolute atomic E-state index is 11.1. The van der Waals surface area contributed by atoms with Crippen LogP contribution in [0.3, 0.4) is 0 Å². The number of carboxylic acid groups (broad SMARTS) is 1. The molecule has 9 heteroatoms. The van der Waals surface area contributed by atoms with Gasteiger partial charge in [-0.15, -0.1) is 0 Å². The number of hydrogen-bond donors (Lipinski definition) is 3. The summed E-state index contributed by atoms with van der Waals surface area (Å²) in [5, 5.41) is 12.1. The number of hydrogen-bond acceptors (Lipinski definition) is 6. The molecule has 1 aromatic heterocycles. The minimum Gasteiger partial charge on any atom is -0.477 e. The molecule has 3 N–H and O–H groups in total. The lowest BCUT2D eigenvalue weighted by Crippen LogP contribution is -2.47. The lowest BCUT2D eigenvalue weighted by Gasteiger charge is -2.25. The van der Waals surface area contributed by atoms with Crippen molar-refractivity contribution in [1.29, 1.82) is 0 Å². The highest BCUT2D eigenvalue weighted by atomic mass is 32.2. The van der Waals surface area contributed by atoms with E-state index < -0.39 is 21.5 Å². The molecular formula is C9H15N3O4S2. The van der Waals surface area contributed by atoms with Crippen molar-refractivity contribution < 1.29 is 18.3 Å². The van der Waals surface area contributed by atoms with E-state index in [1.807, 2.05) is 0 Å². The average molecular weight is 293 g/mol. The van der Waals surface area contributed by atoms with Crippen LogP contribution < -0.4 is 10.0 Å². The largest absolute Gasteiger partial charge is 0.477 e. The molecule has 102 valence electrons. The summed E-state index contributed by atoms with van der Waals surface area (Å²) in [7, 11) is -3.30. The van der Waals surface area contributed by atoms with Crippen LogP contribution in [0.4, 0.5) is 5.13 Å². The predicted molar refractivity (Wildman–Crippen MR) is 69.6 cm³/mol. The van der Waals surface area contributed by atoms with Crippen molar-refractivity contribution in [3.63, 3.8) is 0 Å². The summed E-state index contributed by atoms with van der Waals surface area (Å²) >= 11 is 1.00. The average Bonchev–Trinajstić information content (AvgIpc) is 2.59. The summed E-state index contributed by atoms with van der Waals surface area (Å²) in [6.07, 6.45) is 2.34. The fourth-order valence-corrected chi connectivity index (χ4v) is 3.02. The monoisotopic (exact) mass is 293 g/mol. The Labute approximate surface area is 109 Å². The summed E-state index contributed by atoms with van der Waals surface area (Å²) in [4.78, 5) is 14.7. The Morgan fingerprint density at radius 2 is 2.17 bits per heavy atom. The molecule has 1 aromatic rings. The molecule has 18 heavy (non-hydrogen) atoms. The van der Waals surface area contributed by atoms with Gasteiger partial charge in [-0.3, -0.25) is 0 Å². The summed E-state index contributed by atoms with van der Waals surface area (Å²) in [6.45, 7) is 3.73. The van der Waals surface area contributed by atoms with Crippen molar-refractivity contribution in [3.05, 3.63) is 11.1 Å². The van der Waals surface area contributed by atoms with Gasteiger partial charge in [0.2, 0.25) is 10.0 Å². The van der Waals surface area contributed by atoms with E-state index in [4.69, 9.17) is 5.11 Å². The van der Waals surface area contributed by atoms with Crippen LogP contribution >= 0.6 is 11.3 Å². The van der Waals surface area contributed by atoms with Crippen LogP contribution in [-0.4, -0.2) is 42.8 Å². The molecule has 0 aliphatic carbocycles. The van der Waals surface area contributed by atoms with Gasteiger partial charge in [0.25, 0.3) is 0 Å². The van der Waals surface area contributed by atoms with E-state index in [-0.39, 0.29) is 4.88 Å². The van der Waals surface area contributed by atoms with Crippen molar-refractivity contribution >= 4 is 32.5 Å². The van der Waals surface area contributed by atoms with Crippen LogP contribution in [0.1, 0.15) is 23.5 Å². The van der Waals surface area contributed by atoms with Gasteiger partial charge < -0.3 is 10.4 Å². The highest BCUT2D eigenvalue weighted by Gasteiger charge is 2.22. The molecular weight excluding hydrogens is 278 g/mol. The first-order chi connectivity index (χ1) is 8.09. The molecule has 0 unspecified atom stereocenters. The first-order valence-corrected chi connectivity index (χ1v) is 7.72. The van der Waals surface area contributed by atoms with Crippen LogP contribution in [0.15, 0.2) is 6.20 Å². The van der Waals surface area contributed by atoms with Crippen molar-refractivity contribution in [2.75, 3.05) is 18.1 Å². The number of thiazole rings is 1. The van der Waals surface area contributed by atoms with Crippen LogP contribution in [0.5, 0.6) is 0 Å². The number of aromatic carboxylic acids is 1. The van der Waals surface area contributed by atoms with Crippen LogP contribution in [0, 0.1) is 0 Å². The van der Waals surface area contributed by atoms with Crippen molar-refractivity contribution in [2.45, 2.75) is 19.4 Å². The van der Waals surface area contributed by atoms with E-state index in [0.29, 0.717) is 11.7 Å². The van der Waals surface area contributed by atoms with Gasteiger partial charge in [0.05, 0.1) is 12.5 Å². The van der Waals surface area contributed by atoms with E-state index in [1.54, 1.807) is 13.8 Å². The van der Waals surface area contributed by atoms with Crippen LogP contribution in [0.25, 0.3) is 0 Å². The zero-order valence-electron chi connectivity index (χ0n) is 10.2. The Morgan fingerprint density at radius 3 is 2.61 bits per heavy atom. The van der Waals surface area contributed by atoms with Crippen LogP contribution in [-0.2, 0) is 10.0 Å². The van der Waals surface area contributed by atoms with Gasteiger partial charge in [0.1, 0.15) is 4.88 Å². The fraction of sp³-hybridized carbons (Fsp3) is 0.556. The van der Waals surface area contributed by atoms with Gasteiger partial charge in [-0.25, -0.2) is 22.9 Å². The predicted octanol–water partition coefficient (Wildman–Crippen LogP) is 0.581. The number of carboxylic acids is 1. The van der Waals surface area contributed by atoms with Gasteiger partial charge in [0.15, 0.2) is 5.13 Å². The summed E-state index contributed by atoms with van der Waals surface area (Å²) < 4.78 is 24.7. The normalized spacial score (nSPS) is 12.4. The third kappa shape index (κ3) is 4.98. The van der Waals surface area contributed by atoms with Gasteiger partial charge in [-0.2, -0.15) is 0 Å². The molecule has 0 bridgehead atoms. The second kappa shape index (κ2) is 5.21. The second-order valence-electron chi connectivity index (χ2n) is 4.45. The highest BCUT2D eigenvalue weighted by molar-refractivity contribution is 7.88. The lowest BCUT2D eigenvalue weighted by molar-refractivity contribution is 0.0702. The molecule has 0 aromatic carbocycles. The van der Waals surface area contributed by atoms with Gasteiger partial charge >= 0.3 is 5.97 Å². The van der Waals surface area contributed by atoms with E-state index in [9.17, 15) is 13.2 Å². The Hall–Kier alpha value is -1.19. The number of anilines is 1. The minimum absolute atomic E-state index is 0.131. The summed E-state index contributed by atoms with van der Waals surface area (Å²) in [6, 6.07) is 0. The molecule has 0 fully saturated rings. The standard InChI is InChI=1S/C9H15N3O4S2/c1-9(2,12-18(3,15)16)5-11-8-10-4-6(17-8)7(13)14/h4,12H,5H2,1-3H3,(H,10,11)(H,13,14). The molecule has 1 rings (SSSR count). The van der Waals surface area contributed by atoms with E-state index in [1.165, 1.54) is 6.20 Å². The fourth-order valence-electron chi connectivity index (χ4n) is 1.29.